The summed E-state index contributed by atoms with van der Waals surface area (Å²) >= 11 is 0. The maximum absolute atomic E-state index is 12.8. The van der Waals surface area contributed by atoms with Gasteiger partial charge in [-0.2, -0.15) is 0 Å². The van der Waals surface area contributed by atoms with Crippen LogP contribution in [-0.4, -0.2) is 10.8 Å². The number of hydrogen-bond donors (Lipinski definition) is 0. The van der Waals surface area contributed by atoms with Gasteiger partial charge in [0.25, 0.3) is 0 Å². The molecule has 0 bridgehead atoms. The molecule has 0 atom stereocenters. The van der Waals surface area contributed by atoms with E-state index in [2.05, 4.69) is 18.8 Å². The molecule has 0 spiro atoms. The van der Waals surface area contributed by atoms with Crippen molar-refractivity contribution in [3.63, 3.8) is 0 Å². The van der Waals surface area contributed by atoms with Crippen LogP contribution in [0.25, 0.3) is 11.3 Å². The minimum atomic E-state index is -0.132. The van der Waals surface area contributed by atoms with Gasteiger partial charge in [-0.1, -0.05) is 74.5 Å². The molecule has 0 unspecified atom stereocenters. The van der Waals surface area contributed by atoms with Crippen molar-refractivity contribution in [2.75, 3.05) is 0 Å². The van der Waals surface area contributed by atoms with Crippen LogP contribution < -0.4 is 0 Å². The fourth-order valence-electron chi connectivity index (χ4n) is 2.47. The lowest BCUT2D eigenvalue weighted by Gasteiger charge is -2.01. The van der Waals surface area contributed by atoms with Crippen LogP contribution in [-0.2, 0) is 6.42 Å². The Morgan fingerprint density at radius 2 is 1.61 bits per heavy atom. The third-order valence-corrected chi connectivity index (χ3v) is 3.54. The molecule has 0 N–H and O–H groups in total. The Hall–Kier alpha value is -2.68. The van der Waals surface area contributed by atoms with Gasteiger partial charge in [-0.15, -0.1) is 0 Å². The van der Waals surface area contributed by atoms with E-state index < -0.39 is 0 Å². The van der Waals surface area contributed by atoms with E-state index in [1.54, 1.807) is 12.1 Å². The number of hydrogen-bond acceptors (Lipinski definition) is 3. The van der Waals surface area contributed by atoms with Crippen molar-refractivity contribution in [2.24, 2.45) is 5.92 Å². The first-order valence-corrected chi connectivity index (χ1v) is 7.80. The Balaban J connectivity index is 2.07. The van der Waals surface area contributed by atoms with E-state index >= 15 is 0 Å². The summed E-state index contributed by atoms with van der Waals surface area (Å²) in [4.78, 5) is 17.4. The normalized spacial score (nSPS) is 10.9. The third-order valence-electron chi connectivity index (χ3n) is 3.54. The molecule has 3 aromatic rings. The molecule has 1 heterocycles. The molecule has 0 saturated carbocycles. The molecule has 0 saturated heterocycles. The lowest BCUT2D eigenvalue weighted by atomic mass is 10.0. The highest BCUT2D eigenvalue weighted by atomic mass is 16.4. The van der Waals surface area contributed by atoms with E-state index in [1.807, 2.05) is 48.5 Å². The molecule has 0 aliphatic carbocycles. The molecule has 3 nitrogen and oxygen atoms in total. The first-order chi connectivity index (χ1) is 11.1. The highest BCUT2D eigenvalue weighted by Crippen LogP contribution is 2.27. The Kier molecular flexibility index (Phi) is 4.38. The minimum Gasteiger partial charge on any atom is -0.437 e. The van der Waals surface area contributed by atoms with Gasteiger partial charge in [0, 0.05) is 17.5 Å². The Bertz CT molecular complexity index is 789. The fraction of sp³-hybridized carbons (Fsp3) is 0.200. The quantitative estimate of drug-likeness (QED) is 0.638. The summed E-state index contributed by atoms with van der Waals surface area (Å²) in [7, 11) is 0. The average molecular weight is 305 g/mol. The first kappa shape index (κ1) is 15.2. The number of rotatable bonds is 5. The van der Waals surface area contributed by atoms with E-state index in [0.717, 1.165) is 5.56 Å². The van der Waals surface area contributed by atoms with Gasteiger partial charge in [-0.25, -0.2) is 4.98 Å². The van der Waals surface area contributed by atoms with E-state index in [-0.39, 0.29) is 5.78 Å². The average Bonchev–Trinajstić information content (AvgIpc) is 2.99. The summed E-state index contributed by atoms with van der Waals surface area (Å²) in [6.07, 6.45) is 0.710. The topological polar surface area (TPSA) is 43.1 Å². The van der Waals surface area contributed by atoms with E-state index in [0.29, 0.717) is 35.2 Å². The summed E-state index contributed by atoms with van der Waals surface area (Å²) in [5.74, 6) is 1.21. The van der Waals surface area contributed by atoms with E-state index in [1.165, 1.54) is 0 Å². The maximum Gasteiger partial charge on any atom is 0.230 e. The Morgan fingerprint density at radius 3 is 2.22 bits per heavy atom. The van der Waals surface area contributed by atoms with E-state index in [9.17, 15) is 4.79 Å². The van der Waals surface area contributed by atoms with Gasteiger partial charge in [0.2, 0.25) is 11.5 Å². The van der Waals surface area contributed by atoms with Gasteiger partial charge in [-0.3, -0.25) is 4.79 Å². The second kappa shape index (κ2) is 6.61. The number of benzene rings is 2. The van der Waals surface area contributed by atoms with Crippen molar-refractivity contribution in [3.8, 4) is 11.3 Å². The van der Waals surface area contributed by atoms with Gasteiger partial charge in [0.1, 0.15) is 5.69 Å². The predicted octanol–water partition coefficient (Wildman–Crippen LogP) is 4.77. The lowest BCUT2D eigenvalue weighted by molar-refractivity contribution is 0.101. The third kappa shape index (κ3) is 3.39. The standard InChI is InChI=1S/C20H19NO2/c1-14(2)13-17-21-18(15-9-5-3-6-10-15)20(23-17)19(22)16-11-7-4-8-12-16/h3-12,14H,13H2,1-2H3. The van der Waals surface area contributed by atoms with Gasteiger partial charge in [0.15, 0.2) is 5.89 Å². The van der Waals surface area contributed by atoms with Crippen molar-refractivity contribution in [2.45, 2.75) is 20.3 Å². The molecule has 3 rings (SSSR count). The van der Waals surface area contributed by atoms with Crippen molar-refractivity contribution < 1.29 is 9.21 Å². The number of oxazole rings is 1. The zero-order valence-corrected chi connectivity index (χ0v) is 13.3. The number of carbonyl (C=O) groups is 1. The molecule has 116 valence electrons. The second-order valence-corrected chi connectivity index (χ2v) is 5.94. The smallest absolute Gasteiger partial charge is 0.230 e. The van der Waals surface area contributed by atoms with Crippen LogP contribution in [0.4, 0.5) is 0 Å². The molecule has 0 aliphatic heterocycles. The van der Waals surface area contributed by atoms with Gasteiger partial charge < -0.3 is 4.42 Å². The van der Waals surface area contributed by atoms with Crippen LogP contribution in [0.5, 0.6) is 0 Å². The van der Waals surface area contributed by atoms with Crippen molar-refractivity contribution in [3.05, 3.63) is 77.9 Å². The van der Waals surface area contributed by atoms with E-state index in [4.69, 9.17) is 4.42 Å². The lowest BCUT2D eigenvalue weighted by Crippen LogP contribution is -2.01. The monoisotopic (exact) mass is 305 g/mol. The van der Waals surface area contributed by atoms with Gasteiger partial charge >= 0.3 is 0 Å². The zero-order chi connectivity index (χ0) is 16.2. The molecule has 2 aromatic carbocycles. The van der Waals surface area contributed by atoms with Gasteiger partial charge in [0.05, 0.1) is 0 Å². The van der Waals surface area contributed by atoms with Crippen molar-refractivity contribution in [1.82, 2.24) is 4.98 Å². The Labute approximate surface area is 136 Å². The van der Waals surface area contributed by atoms with Crippen LogP contribution >= 0.6 is 0 Å². The minimum absolute atomic E-state index is 0.132. The van der Waals surface area contributed by atoms with Crippen molar-refractivity contribution >= 4 is 5.78 Å². The molecule has 0 radical (unpaired) electrons. The zero-order valence-electron chi connectivity index (χ0n) is 13.3. The molecule has 3 heteroatoms. The molecule has 0 amide bonds. The van der Waals surface area contributed by atoms with Crippen LogP contribution in [0.1, 0.15) is 35.9 Å². The molecular formula is C20H19NO2. The number of carbonyl (C=O) groups excluding carboxylic acids is 1. The molecular weight excluding hydrogens is 286 g/mol. The highest BCUT2D eigenvalue weighted by Gasteiger charge is 2.22. The molecule has 1 aromatic heterocycles. The summed E-state index contributed by atoms with van der Waals surface area (Å²) in [5.41, 5.74) is 2.12. The van der Waals surface area contributed by atoms with Gasteiger partial charge in [-0.05, 0) is 5.92 Å². The number of ketones is 1. The second-order valence-electron chi connectivity index (χ2n) is 5.94. The highest BCUT2D eigenvalue weighted by molar-refractivity contribution is 6.10. The van der Waals surface area contributed by atoms with Crippen LogP contribution in [0.2, 0.25) is 0 Å². The molecule has 23 heavy (non-hydrogen) atoms. The van der Waals surface area contributed by atoms with Crippen LogP contribution in [0.3, 0.4) is 0 Å². The van der Waals surface area contributed by atoms with Crippen molar-refractivity contribution in [1.29, 1.82) is 0 Å². The largest absolute Gasteiger partial charge is 0.437 e. The summed E-state index contributed by atoms with van der Waals surface area (Å²) in [6, 6.07) is 18.9. The predicted molar refractivity (Wildman–Crippen MR) is 90.4 cm³/mol. The fourth-order valence-corrected chi connectivity index (χ4v) is 2.47. The Morgan fingerprint density at radius 1 is 1.00 bits per heavy atom. The van der Waals surface area contributed by atoms with Crippen LogP contribution in [0.15, 0.2) is 65.1 Å². The SMILES string of the molecule is CC(C)Cc1nc(-c2ccccc2)c(C(=O)c2ccccc2)o1. The summed E-state index contributed by atoms with van der Waals surface area (Å²) in [5, 5.41) is 0. The van der Waals surface area contributed by atoms with Crippen LogP contribution in [0, 0.1) is 5.92 Å². The summed E-state index contributed by atoms with van der Waals surface area (Å²) < 4.78 is 5.84. The number of nitrogens with zero attached hydrogens (tertiary/aromatic N) is 1. The summed E-state index contributed by atoms with van der Waals surface area (Å²) in [6.45, 7) is 4.20. The number of aromatic nitrogens is 1. The maximum atomic E-state index is 12.8. The molecule has 0 aliphatic rings. The molecule has 0 fully saturated rings. The first-order valence-electron chi connectivity index (χ1n) is 7.80.